The molecule has 164 valence electrons. The van der Waals surface area contributed by atoms with E-state index in [1.54, 1.807) is 0 Å². The van der Waals surface area contributed by atoms with Crippen LogP contribution in [0.15, 0.2) is 48.5 Å². The van der Waals surface area contributed by atoms with Gasteiger partial charge in [-0.15, -0.1) is 0 Å². The van der Waals surface area contributed by atoms with Crippen LogP contribution in [0.5, 0.6) is 0 Å². The number of aryl methyl sites for hydroxylation is 1. The molecule has 4 rings (SSSR count). The zero-order valence-electron chi connectivity index (χ0n) is 17.8. The van der Waals surface area contributed by atoms with E-state index in [1.165, 1.54) is 5.56 Å². The molecule has 1 fully saturated rings. The van der Waals surface area contributed by atoms with Gasteiger partial charge >= 0.3 is 0 Å². The number of aliphatic hydroxyl groups is 1. The maximum absolute atomic E-state index is 12.5. The van der Waals surface area contributed by atoms with Crippen LogP contribution in [0.4, 0.5) is 5.69 Å². The summed E-state index contributed by atoms with van der Waals surface area (Å²) in [6.45, 7) is 2.82. The van der Waals surface area contributed by atoms with Crippen LogP contribution < -0.4 is 10.6 Å². The number of hydrogen-bond donors (Lipinski definition) is 3. The molecule has 31 heavy (non-hydrogen) atoms. The predicted octanol–water partition coefficient (Wildman–Crippen LogP) is 3.17. The van der Waals surface area contributed by atoms with Crippen LogP contribution in [-0.2, 0) is 22.6 Å². The normalized spacial score (nSPS) is 19.9. The Morgan fingerprint density at radius 2 is 2.03 bits per heavy atom. The van der Waals surface area contributed by atoms with Gasteiger partial charge in [-0.3, -0.25) is 14.5 Å². The Morgan fingerprint density at radius 1 is 1.19 bits per heavy atom. The van der Waals surface area contributed by atoms with E-state index in [0.717, 1.165) is 49.3 Å². The predicted molar refractivity (Wildman–Crippen MR) is 120 cm³/mol. The van der Waals surface area contributed by atoms with Crippen molar-refractivity contribution >= 4 is 17.5 Å². The molecule has 0 aromatic heterocycles. The third-order valence-corrected chi connectivity index (χ3v) is 6.17. The molecular formula is C25H31N3O3. The van der Waals surface area contributed by atoms with E-state index in [1.807, 2.05) is 24.3 Å². The molecule has 2 aliphatic heterocycles. The lowest BCUT2D eigenvalue weighted by Crippen LogP contribution is -2.47. The maximum atomic E-state index is 12.5. The van der Waals surface area contributed by atoms with Gasteiger partial charge in [0.05, 0.1) is 6.10 Å². The maximum Gasteiger partial charge on any atom is 0.224 e. The minimum absolute atomic E-state index is 0.00386. The highest BCUT2D eigenvalue weighted by Gasteiger charge is 2.22. The Kier molecular flexibility index (Phi) is 6.99. The molecule has 2 aromatic carbocycles. The van der Waals surface area contributed by atoms with Gasteiger partial charge < -0.3 is 15.7 Å². The number of anilines is 1. The van der Waals surface area contributed by atoms with Crippen molar-refractivity contribution in [3.05, 3.63) is 65.2 Å². The molecule has 6 heteroatoms. The van der Waals surface area contributed by atoms with Crippen LogP contribution in [0.2, 0.25) is 0 Å². The average Bonchev–Trinajstić information content (AvgIpc) is 2.78. The number of carbonyl (C=O) groups excluding carboxylic acids is 2. The molecule has 2 aliphatic rings. The standard InChI is InChI=1S/C25H31N3O3/c29-23(20-8-10-22-19(15-20)9-12-25(31)27-22)11-13-24(30)26-21-7-4-14-28(17-21)16-18-5-2-1-3-6-18/h1-3,5-6,8,10,15,21,23,29H,4,7,9,11-14,16-17H2,(H,26,30)(H,27,31)/t21-,23-/m0/s1. The Bertz CT molecular complexity index is 915. The van der Waals surface area contributed by atoms with Crippen LogP contribution in [0, 0.1) is 0 Å². The van der Waals surface area contributed by atoms with Crippen LogP contribution in [-0.4, -0.2) is 41.0 Å². The Labute approximate surface area is 183 Å². The Morgan fingerprint density at radius 3 is 2.87 bits per heavy atom. The van der Waals surface area contributed by atoms with Crippen molar-refractivity contribution in [1.82, 2.24) is 10.2 Å². The lowest BCUT2D eigenvalue weighted by molar-refractivity contribution is -0.122. The van der Waals surface area contributed by atoms with Gasteiger partial charge in [-0.25, -0.2) is 0 Å². The number of benzene rings is 2. The number of piperidine rings is 1. The summed E-state index contributed by atoms with van der Waals surface area (Å²) in [5, 5.41) is 16.6. The minimum Gasteiger partial charge on any atom is -0.388 e. The van der Waals surface area contributed by atoms with E-state index in [4.69, 9.17) is 0 Å². The molecule has 0 bridgehead atoms. The lowest BCUT2D eigenvalue weighted by Gasteiger charge is -2.33. The SMILES string of the molecule is O=C1CCc2cc([C@@H](O)CCC(=O)N[C@H]3CCCN(Cc4ccccc4)C3)ccc2N1. The van der Waals surface area contributed by atoms with Gasteiger partial charge in [0.15, 0.2) is 0 Å². The molecule has 0 aliphatic carbocycles. The van der Waals surface area contributed by atoms with E-state index in [2.05, 4.69) is 39.8 Å². The van der Waals surface area contributed by atoms with Crippen molar-refractivity contribution in [2.75, 3.05) is 18.4 Å². The fraction of sp³-hybridized carbons (Fsp3) is 0.440. The van der Waals surface area contributed by atoms with Gasteiger partial charge in [-0.05, 0) is 55.0 Å². The molecule has 2 heterocycles. The van der Waals surface area contributed by atoms with Crippen molar-refractivity contribution in [3.63, 3.8) is 0 Å². The number of hydrogen-bond acceptors (Lipinski definition) is 4. The summed E-state index contributed by atoms with van der Waals surface area (Å²) in [5.41, 5.74) is 3.96. The first-order chi connectivity index (χ1) is 15.1. The first kappa shape index (κ1) is 21.5. The third-order valence-electron chi connectivity index (χ3n) is 6.17. The highest BCUT2D eigenvalue weighted by atomic mass is 16.3. The smallest absolute Gasteiger partial charge is 0.224 e. The van der Waals surface area contributed by atoms with Crippen LogP contribution in [0.1, 0.15) is 54.9 Å². The highest BCUT2D eigenvalue weighted by Crippen LogP contribution is 2.27. The average molecular weight is 422 g/mol. The van der Waals surface area contributed by atoms with Crippen molar-refractivity contribution in [2.45, 2.75) is 57.2 Å². The molecule has 0 spiro atoms. The fourth-order valence-corrected chi connectivity index (χ4v) is 4.50. The summed E-state index contributed by atoms with van der Waals surface area (Å²) in [7, 11) is 0. The number of aliphatic hydroxyl groups excluding tert-OH is 1. The van der Waals surface area contributed by atoms with Gasteiger partial charge in [-0.1, -0.05) is 42.5 Å². The number of amides is 2. The van der Waals surface area contributed by atoms with Crippen molar-refractivity contribution in [3.8, 4) is 0 Å². The summed E-state index contributed by atoms with van der Waals surface area (Å²) >= 11 is 0. The number of carbonyl (C=O) groups is 2. The molecule has 6 nitrogen and oxygen atoms in total. The minimum atomic E-state index is -0.686. The molecule has 2 atom stereocenters. The number of nitrogens with one attached hydrogen (secondary N) is 2. The monoisotopic (exact) mass is 421 g/mol. The largest absolute Gasteiger partial charge is 0.388 e. The van der Waals surface area contributed by atoms with E-state index < -0.39 is 6.10 Å². The summed E-state index contributed by atoms with van der Waals surface area (Å²) in [6.07, 6.45) is 3.22. The summed E-state index contributed by atoms with van der Waals surface area (Å²) in [4.78, 5) is 26.4. The van der Waals surface area contributed by atoms with Crippen LogP contribution >= 0.6 is 0 Å². The van der Waals surface area contributed by atoms with Crippen molar-refractivity contribution < 1.29 is 14.7 Å². The lowest BCUT2D eigenvalue weighted by atomic mass is 9.96. The summed E-state index contributed by atoms with van der Waals surface area (Å²) in [6, 6.07) is 16.2. The van der Waals surface area contributed by atoms with Gasteiger partial charge in [0.25, 0.3) is 0 Å². The quantitative estimate of drug-likeness (QED) is 0.641. The number of fused-ring (bicyclic) bond motifs is 1. The topological polar surface area (TPSA) is 81.7 Å². The molecule has 1 saturated heterocycles. The molecule has 3 N–H and O–H groups in total. The Balaban J connectivity index is 1.24. The second kappa shape index (κ2) is 10.1. The van der Waals surface area contributed by atoms with Gasteiger partial charge in [0, 0.05) is 37.7 Å². The van der Waals surface area contributed by atoms with Crippen LogP contribution in [0.3, 0.4) is 0 Å². The zero-order valence-corrected chi connectivity index (χ0v) is 17.8. The number of nitrogens with zero attached hydrogens (tertiary/aromatic N) is 1. The van der Waals surface area contributed by atoms with E-state index >= 15 is 0 Å². The number of rotatable bonds is 7. The van der Waals surface area contributed by atoms with E-state index in [-0.39, 0.29) is 17.9 Å². The summed E-state index contributed by atoms with van der Waals surface area (Å²) in [5.74, 6) is 0.0263. The molecule has 0 radical (unpaired) electrons. The number of likely N-dealkylation sites (tertiary alicyclic amines) is 1. The second-order valence-electron chi connectivity index (χ2n) is 8.65. The molecule has 2 amide bonds. The van der Waals surface area contributed by atoms with E-state index in [0.29, 0.717) is 25.7 Å². The highest BCUT2D eigenvalue weighted by molar-refractivity contribution is 5.93. The fourth-order valence-electron chi connectivity index (χ4n) is 4.50. The first-order valence-corrected chi connectivity index (χ1v) is 11.2. The molecule has 0 saturated carbocycles. The first-order valence-electron chi connectivity index (χ1n) is 11.2. The van der Waals surface area contributed by atoms with Gasteiger partial charge in [0.2, 0.25) is 11.8 Å². The van der Waals surface area contributed by atoms with Crippen LogP contribution in [0.25, 0.3) is 0 Å². The van der Waals surface area contributed by atoms with Gasteiger partial charge in [-0.2, -0.15) is 0 Å². The molecule has 0 unspecified atom stereocenters. The van der Waals surface area contributed by atoms with Gasteiger partial charge in [0.1, 0.15) is 0 Å². The zero-order chi connectivity index (χ0) is 21.6. The Hall–Kier alpha value is -2.70. The van der Waals surface area contributed by atoms with Crippen molar-refractivity contribution in [2.24, 2.45) is 0 Å². The third kappa shape index (κ3) is 5.93. The van der Waals surface area contributed by atoms with Crippen molar-refractivity contribution in [1.29, 1.82) is 0 Å². The van der Waals surface area contributed by atoms with E-state index in [9.17, 15) is 14.7 Å². The molecular weight excluding hydrogens is 390 g/mol. The summed E-state index contributed by atoms with van der Waals surface area (Å²) < 4.78 is 0. The molecule has 2 aromatic rings. The second-order valence-corrected chi connectivity index (χ2v) is 8.65.